The second kappa shape index (κ2) is 8.16. The molecule has 0 fully saturated rings. The normalized spacial score (nSPS) is 13.3. The Morgan fingerprint density at radius 2 is 1.73 bits per heavy atom. The SMILES string of the molecule is CC(C)COC(=O)CC(O)c1ccc2cc(S(=O)(=O)N(C)C)ccc2c1. The van der Waals surface area contributed by atoms with Crippen molar-refractivity contribution in [3.8, 4) is 0 Å². The van der Waals surface area contributed by atoms with Crippen LogP contribution >= 0.6 is 0 Å². The predicted molar refractivity (Wildman–Crippen MR) is 100 cm³/mol. The van der Waals surface area contributed by atoms with E-state index < -0.39 is 22.1 Å². The largest absolute Gasteiger partial charge is 0.465 e. The first-order valence-electron chi connectivity index (χ1n) is 8.41. The van der Waals surface area contributed by atoms with Crippen molar-refractivity contribution in [2.45, 2.75) is 31.3 Å². The average molecular weight is 379 g/mol. The van der Waals surface area contributed by atoms with E-state index in [0.29, 0.717) is 12.2 Å². The van der Waals surface area contributed by atoms with Crippen LogP contribution in [0.5, 0.6) is 0 Å². The molecule has 0 aliphatic rings. The highest BCUT2D eigenvalue weighted by atomic mass is 32.2. The minimum Gasteiger partial charge on any atom is -0.465 e. The van der Waals surface area contributed by atoms with Gasteiger partial charge < -0.3 is 9.84 Å². The third kappa shape index (κ3) is 4.81. The Morgan fingerprint density at radius 1 is 1.12 bits per heavy atom. The van der Waals surface area contributed by atoms with Crippen molar-refractivity contribution in [1.29, 1.82) is 0 Å². The van der Waals surface area contributed by atoms with Crippen LogP contribution in [0.15, 0.2) is 41.3 Å². The number of esters is 1. The van der Waals surface area contributed by atoms with Crippen molar-refractivity contribution >= 4 is 26.8 Å². The Bertz CT molecular complexity index is 890. The summed E-state index contributed by atoms with van der Waals surface area (Å²) in [5.74, 6) is -0.205. The van der Waals surface area contributed by atoms with Crippen molar-refractivity contribution in [3.63, 3.8) is 0 Å². The molecule has 0 radical (unpaired) electrons. The quantitative estimate of drug-likeness (QED) is 0.748. The summed E-state index contributed by atoms with van der Waals surface area (Å²) < 4.78 is 30.7. The molecule has 26 heavy (non-hydrogen) atoms. The minimum absolute atomic E-state index is 0.120. The zero-order valence-corrected chi connectivity index (χ0v) is 16.3. The molecule has 0 heterocycles. The lowest BCUT2D eigenvalue weighted by atomic mass is 10.0. The molecule has 2 aromatic carbocycles. The zero-order chi connectivity index (χ0) is 19.5. The Balaban J connectivity index is 2.20. The summed E-state index contributed by atoms with van der Waals surface area (Å²) in [7, 11) is -0.534. The smallest absolute Gasteiger partial charge is 0.308 e. The van der Waals surface area contributed by atoms with E-state index in [4.69, 9.17) is 4.74 Å². The summed E-state index contributed by atoms with van der Waals surface area (Å²) in [4.78, 5) is 12.0. The summed E-state index contributed by atoms with van der Waals surface area (Å²) >= 11 is 0. The van der Waals surface area contributed by atoms with Crippen molar-refractivity contribution in [2.75, 3.05) is 20.7 Å². The summed E-state index contributed by atoms with van der Waals surface area (Å²) in [5.41, 5.74) is 0.585. The Labute approximate surface area is 154 Å². The highest BCUT2D eigenvalue weighted by Crippen LogP contribution is 2.25. The molecule has 0 bridgehead atoms. The highest BCUT2D eigenvalue weighted by molar-refractivity contribution is 7.89. The van der Waals surface area contributed by atoms with Gasteiger partial charge in [0, 0.05) is 14.1 Å². The molecular formula is C19H25NO5S. The molecule has 6 nitrogen and oxygen atoms in total. The van der Waals surface area contributed by atoms with E-state index >= 15 is 0 Å². The van der Waals surface area contributed by atoms with Crippen LogP contribution in [0.1, 0.15) is 31.9 Å². The lowest BCUT2D eigenvalue weighted by Gasteiger charge is -2.14. The second-order valence-electron chi connectivity index (χ2n) is 6.85. The van der Waals surface area contributed by atoms with Gasteiger partial charge in [0.25, 0.3) is 0 Å². The number of fused-ring (bicyclic) bond motifs is 1. The molecule has 0 saturated carbocycles. The van der Waals surface area contributed by atoms with E-state index in [2.05, 4.69) is 0 Å². The van der Waals surface area contributed by atoms with Crippen LogP contribution < -0.4 is 0 Å². The van der Waals surface area contributed by atoms with E-state index in [9.17, 15) is 18.3 Å². The minimum atomic E-state index is -3.50. The van der Waals surface area contributed by atoms with E-state index in [1.807, 2.05) is 13.8 Å². The molecule has 2 aromatic rings. The highest BCUT2D eigenvalue weighted by Gasteiger charge is 2.18. The molecule has 0 aliphatic heterocycles. The number of carbonyl (C=O) groups is 1. The van der Waals surface area contributed by atoms with E-state index in [1.54, 1.807) is 30.3 Å². The van der Waals surface area contributed by atoms with Gasteiger partial charge in [-0.2, -0.15) is 0 Å². The summed E-state index contributed by atoms with van der Waals surface area (Å²) in [6.45, 7) is 4.21. The van der Waals surface area contributed by atoms with E-state index in [-0.39, 0.29) is 17.2 Å². The van der Waals surface area contributed by atoms with Gasteiger partial charge >= 0.3 is 5.97 Å². The second-order valence-corrected chi connectivity index (χ2v) is 9.00. The molecule has 7 heteroatoms. The molecule has 1 N–H and O–H groups in total. The molecule has 0 aromatic heterocycles. The number of carbonyl (C=O) groups excluding carboxylic acids is 1. The van der Waals surface area contributed by atoms with E-state index in [0.717, 1.165) is 15.1 Å². The fraction of sp³-hybridized carbons (Fsp3) is 0.421. The molecule has 1 atom stereocenters. The first kappa shape index (κ1) is 20.4. The molecule has 0 aliphatic carbocycles. The summed E-state index contributed by atoms with van der Waals surface area (Å²) in [6, 6.07) is 10.0. The van der Waals surface area contributed by atoms with Crippen LogP contribution in [0.3, 0.4) is 0 Å². The number of ether oxygens (including phenoxy) is 1. The maximum absolute atomic E-state index is 12.2. The number of aliphatic hydroxyl groups is 1. The Hall–Kier alpha value is -1.96. The maximum atomic E-state index is 12.2. The average Bonchev–Trinajstić information content (AvgIpc) is 2.58. The van der Waals surface area contributed by atoms with Gasteiger partial charge in [0.2, 0.25) is 10.0 Å². The Kier molecular flexibility index (Phi) is 6.39. The molecule has 142 valence electrons. The third-order valence-corrected chi connectivity index (χ3v) is 5.75. The fourth-order valence-electron chi connectivity index (χ4n) is 2.42. The number of hydrogen-bond donors (Lipinski definition) is 1. The first-order chi connectivity index (χ1) is 12.1. The topological polar surface area (TPSA) is 83.9 Å². The monoisotopic (exact) mass is 379 g/mol. The number of sulfonamides is 1. The van der Waals surface area contributed by atoms with Gasteiger partial charge in [0.1, 0.15) is 0 Å². The number of aliphatic hydroxyl groups excluding tert-OH is 1. The number of benzene rings is 2. The van der Waals surface area contributed by atoms with Crippen LogP contribution in [-0.2, 0) is 19.6 Å². The molecule has 2 rings (SSSR count). The van der Waals surface area contributed by atoms with Gasteiger partial charge in [0.15, 0.2) is 0 Å². The molecular weight excluding hydrogens is 354 g/mol. The predicted octanol–water partition coefficient (Wildman–Crippen LogP) is 2.71. The van der Waals surface area contributed by atoms with Crippen LogP contribution in [0.4, 0.5) is 0 Å². The maximum Gasteiger partial charge on any atom is 0.308 e. The van der Waals surface area contributed by atoms with Crippen LogP contribution in [0, 0.1) is 5.92 Å². The first-order valence-corrected chi connectivity index (χ1v) is 9.85. The van der Waals surface area contributed by atoms with Gasteiger partial charge in [0.05, 0.1) is 24.0 Å². The van der Waals surface area contributed by atoms with Crippen molar-refractivity contribution in [2.24, 2.45) is 5.92 Å². The standard InChI is InChI=1S/C19H25NO5S/c1-13(2)12-25-19(22)11-18(21)16-6-5-15-10-17(8-7-14(15)9-16)26(23,24)20(3)4/h5-10,13,18,21H,11-12H2,1-4H3. The lowest BCUT2D eigenvalue weighted by Crippen LogP contribution is -2.22. The molecule has 1 unspecified atom stereocenters. The van der Waals surface area contributed by atoms with Gasteiger partial charge in [-0.1, -0.05) is 32.0 Å². The number of nitrogens with zero attached hydrogens (tertiary/aromatic N) is 1. The molecule has 0 spiro atoms. The van der Waals surface area contributed by atoms with Crippen LogP contribution in [0.2, 0.25) is 0 Å². The third-order valence-electron chi connectivity index (χ3n) is 3.94. The number of hydrogen-bond acceptors (Lipinski definition) is 5. The zero-order valence-electron chi connectivity index (χ0n) is 15.5. The van der Waals surface area contributed by atoms with Crippen LogP contribution in [-0.4, -0.2) is 44.5 Å². The van der Waals surface area contributed by atoms with Gasteiger partial charge in [-0.3, -0.25) is 4.79 Å². The number of rotatable bonds is 7. The van der Waals surface area contributed by atoms with Gasteiger partial charge in [-0.15, -0.1) is 0 Å². The van der Waals surface area contributed by atoms with E-state index in [1.165, 1.54) is 20.2 Å². The van der Waals surface area contributed by atoms with Crippen LogP contribution in [0.25, 0.3) is 10.8 Å². The molecule has 0 amide bonds. The summed E-state index contributed by atoms with van der Waals surface area (Å²) in [6.07, 6.45) is -1.09. The van der Waals surface area contributed by atoms with Crippen molar-refractivity contribution in [1.82, 2.24) is 4.31 Å². The Morgan fingerprint density at radius 3 is 2.35 bits per heavy atom. The summed E-state index contributed by atoms with van der Waals surface area (Å²) in [5, 5.41) is 11.8. The lowest BCUT2D eigenvalue weighted by molar-refractivity contribution is -0.147. The van der Waals surface area contributed by atoms with Crippen molar-refractivity contribution in [3.05, 3.63) is 42.0 Å². The fourth-order valence-corrected chi connectivity index (χ4v) is 3.35. The molecule has 0 saturated heterocycles. The van der Waals surface area contributed by atoms with Gasteiger partial charge in [-0.05, 0) is 40.5 Å². The van der Waals surface area contributed by atoms with Crippen molar-refractivity contribution < 1.29 is 23.1 Å². The van der Waals surface area contributed by atoms with Gasteiger partial charge in [-0.25, -0.2) is 12.7 Å².